The van der Waals surface area contributed by atoms with Crippen LogP contribution in [0.3, 0.4) is 0 Å². The van der Waals surface area contributed by atoms with E-state index in [-0.39, 0.29) is 31.6 Å². The molecule has 0 radical (unpaired) electrons. The standard InChI is InChI=1S/C26H30N2O2S2.Zn/c1-29-21-11-7-19(8-12-21)25(31)15-17-27-23-5-3-4-6-24(23)28-18-16-26(32)20-9-13-22(30-2)14-10-20;/h7-18,23-24H,3-6H2,1-2H3,(H2,27,28,31,32);/q;+2/p-2/t23-,24-;/m1./s1. The first kappa shape index (κ1) is 27.2. The van der Waals surface area contributed by atoms with E-state index in [9.17, 15) is 0 Å². The zero-order chi connectivity index (χ0) is 22.8. The maximum atomic E-state index is 5.51. The molecular formula is C26H28N2O2S2Zn. The maximum absolute atomic E-state index is 5.51. The van der Waals surface area contributed by atoms with Gasteiger partial charge in [0.1, 0.15) is 11.5 Å². The van der Waals surface area contributed by atoms with Gasteiger partial charge in [0.05, 0.1) is 14.2 Å². The summed E-state index contributed by atoms with van der Waals surface area (Å²) < 4.78 is 10.4. The Bertz CT molecular complexity index is 880. The third-order valence-electron chi connectivity index (χ3n) is 5.45. The van der Waals surface area contributed by atoms with Gasteiger partial charge in [0.2, 0.25) is 0 Å². The molecule has 0 unspecified atom stereocenters. The van der Waals surface area contributed by atoms with Gasteiger partial charge in [0.25, 0.3) is 0 Å². The van der Waals surface area contributed by atoms with Gasteiger partial charge in [-0.15, -0.1) is 12.1 Å². The van der Waals surface area contributed by atoms with Crippen LogP contribution >= 0.6 is 24.4 Å². The molecule has 7 heteroatoms. The molecule has 1 fully saturated rings. The van der Waals surface area contributed by atoms with Crippen molar-refractivity contribution in [3.8, 4) is 11.5 Å². The second-order valence-electron chi connectivity index (χ2n) is 7.53. The van der Waals surface area contributed by atoms with Crippen molar-refractivity contribution in [2.45, 2.75) is 37.8 Å². The van der Waals surface area contributed by atoms with Gasteiger partial charge < -0.3 is 20.1 Å². The van der Waals surface area contributed by atoms with E-state index in [4.69, 9.17) is 44.5 Å². The Labute approximate surface area is 220 Å². The molecule has 2 aromatic rings. The molecular weight excluding hydrogens is 502 g/mol. The van der Waals surface area contributed by atoms with Crippen LogP contribution in [0.25, 0.3) is 10.6 Å². The molecule has 1 aliphatic carbocycles. The fourth-order valence-electron chi connectivity index (χ4n) is 3.59. The van der Waals surface area contributed by atoms with E-state index >= 15 is 0 Å². The molecule has 0 N–H and O–H groups in total. The summed E-state index contributed by atoms with van der Waals surface area (Å²) in [5.41, 5.74) is 1.96. The van der Waals surface area contributed by atoms with Gasteiger partial charge in [-0.05, 0) is 59.7 Å². The fourth-order valence-corrected chi connectivity index (χ4v) is 3.98. The topological polar surface area (TPSA) is 46.7 Å². The Morgan fingerprint density at radius 2 is 1.09 bits per heavy atom. The van der Waals surface area contributed by atoms with Crippen LogP contribution < -0.4 is 9.47 Å². The van der Waals surface area contributed by atoms with Crippen molar-refractivity contribution < 1.29 is 29.0 Å². The van der Waals surface area contributed by atoms with Crippen LogP contribution in [0.1, 0.15) is 36.8 Å². The molecule has 0 heterocycles. The molecule has 0 bridgehead atoms. The number of allylic oxidation sites excluding steroid dienone is 2. The molecule has 2 aromatic carbocycles. The molecule has 0 amide bonds. The minimum Gasteiger partial charge on any atom is -0.689 e. The Balaban J connectivity index is 0.00000385. The van der Waals surface area contributed by atoms with Gasteiger partial charge in [0, 0.05) is 9.73 Å². The van der Waals surface area contributed by atoms with Crippen molar-refractivity contribution in [1.29, 1.82) is 0 Å². The van der Waals surface area contributed by atoms with Crippen LogP contribution in [0.15, 0.2) is 73.1 Å². The molecule has 2 atom stereocenters. The first-order chi connectivity index (χ1) is 15.6. The SMILES string of the molecule is COc1ccc(C(=S)/C=C\[N-][C@@H]2CCCC[C@H]2[N-]/C=C\C(=S)c2ccc(OC)cc2)cc1.[Zn+2]. The molecule has 4 nitrogen and oxygen atoms in total. The number of benzene rings is 2. The average molecular weight is 530 g/mol. The third kappa shape index (κ3) is 8.33. The summed E-state index contributed by atoms with van der Waals surface area (Å²) in [6.07, 6.45) is 11.8. The maximum Gasteiger partial charge on any atom is 2.00 e. The summed E-state index contributed by atoms with van der Waals surface area (Å²) in [6, 6.07) is 15.8. The summed E-state index contributed by atoms with van der Waals surface area (Å²) in [5.74, 6) is 1.63. The second kappa shape index (κ2) is 14.2. The number of thiocarbonyl (C=S) groups is 2. The van der Waals surface area contributed by atoms with Crippen LogP contribution in [0.5, 0.6) is 11.5 Å². The van der Waals surface area contributed by atoms with Gasteiger partial charge in [0.15, 0.2) is 0 Å². The molecule has 0 aromatic heterocycles. The zero-order valence-electron chi connectivity index (χ0n) is 19.1. The Kier molecular flexibility index (Phi) is 11.7. The van der Waals surface area contributed by atoms with Crippen LogP contribution in [-0.4, -0.2) is 36.0 Å². The molecule has 0 spiro atoms. The van der Waals surface area contributed by atoms with E-state index in [1.807, 2.05) is 73.1 Å². The predicted octanol–water partition coefficient (Wildman–Crippen LogP) is 6.92. The third-order valence-corrected chi connectivity index (χ3v) is 6.19. The minimum absolute atomic E-state index is 0. The van der Waals surface area contributed by atoms with E-state index in [1.54, 1.807) is 14.2 Å². The Morgan fingerprint density at radius 1 is 0.727 bits per heavy atom. The van der Waals surface area contributed by atoms with Crippen molar-refractivity contribution in [2.75, 3.05) is 14.2 Å². The van der Waals surface area contributed by atoms with Crippen molar-refractivity contribution in [1.82, 2.24) is 0 Å². The number of rotatable bonds is 10. The second-order valence-corrected chi connectivity index (χ2v) is 8.41. The van der Waals surface area contributed by atoms with Crippen LogP contribution in [0.4, 0.5) is 0 Å². The van der Waals surface area contributed by atoms with E-state index in [0.717, 1.165) is 45.2 Å². The molecule has 0 saturated heterocycles. The number of methoxy groups -OCH3 is 2. The molecule has 168 valence electrons. The van der Waals surface area contributed by atoms with E-state index < -0.39 is 0 Å². The number of ether oxygens (including phenoxy) is 2. The average Bonchev–Trinajstić information content (AvgIpc) is 2.85. The number of nitrogens with zero attached hydrogens (tertiary/aromatic N) is 2. The van der Waals surface area contributed by atoms with Gasteiger partial charge in [-0.3, -0.25) is 0 Å². The van der Waals surface area contributed by atoms with E-state index in [1.165, 1.54) is 12.8 Å². The molecule has 0 aliphatic heterocycles. The van der Waals surface area contributed by atoms with Crippen LogP contribution in [-0.2, 0) is 19.5 Å². The Hall–Kier alpha value is -2.08. The van der Waals surface area contributed by atoms with Gasteiger partial charge >= 0.3 is 19.5 Å². The van der Waals surface area contributed by atoms with Crippen LogP contribution in [0.2, 0.25) is 0 Å². The summed E-state index contributed by atoms with van der Waals surface area (Å²) >= 11 is 11.0. The summed E-state index contributed by atoms with van der Waals surface area (Å²) in [4.78, 5) is 1.51. The first-order valence-electron chi connectivity index (χ1n) is 10.7. The normalized spacial score (nSPS) is 17.9. The predicted molar refractivity (Wildman–Crippen MR) is 140 cm³/mol. The minimum atomic E-state index is 0. The van der Waals surface area contributed by atoms with Gasteiger partial charge in [-0.25, -0.2) is 0 Å². The fraction of sp³-hybridized carbons (Fsp3) is 0.308. The molecule has 3 rings (SSSR count). The van der Waals surface area contributed by atoms with E-state index in [2.05, 4.69) is 0 Å². The van der Waals surface area contributed by atoms with Gasteiger partial charge in [-0.1, -0.05) is 62.3 Å². The monoisotopic (exact) mass is 528 g/mol. The largest absolute Gasteiger partial charge is 2.00 e. The molecule has 1 saturated carbocycles. The van der Waals surface area contributed by atoms with Crippen molar-refractivity contribution in [3.63, 3.8) is 0 Å². The zero-order valence-corrected chi connectivity index (χ0v) is 23.7. The van der Waals surface area contributed by atoms with Crippen molar-refractivity contribution in [3.05, 3.63) is 94.8 Å². The number of hydrogen-bond acceptors (Lipinski definition) is 4. The summed E-state index contributed by atoms with van der Waals surface area (Å²) in [5, 5.41) is 9.54. The van der Waals surface area contributed by atoms with Crippen molar-refractivity contribution in [2.24, 2.45) is 0 Å². The molecule has 1 aliphatic rings. The number of hydrogen-bond donors (Lipinski definition) is 0. The quantitative estimate of drug-likeness (QED) is 0.145. The summed E-state index contributed by atoms with van der Waals surface area (Å²) in [6.45, 7) is 0. The van der Waals surface area contributed by atoms with Crippen LogP contribution in [0, 0.1) is 0 Å². The first-order valence-corrected chi connectivity index (χ1v) is 11.5. The summed E-state index contributed by atoms with van der Waals surface area (Å²) in [7, 11) is 3.30. The molecule has 33 heavy (non-hydrogen) atoms. The van der Waals surface area contributed by atoms with Gasteiger partial charge in [-0.2, -0.15) is 12.4 Å². The van der Waals surface area contributed by atoms with E-state index in [0.29, 0.717) is 0 Å². The Morgan fingerprint density at radius 3 is 1.42 bits per heavy atom. The smallest absolute Gasteiger partial charge is 0.689 e. The van der Waals surface area contributed by atoms with Crippen molar-refractivity contribution >= 4 is 34.2 Å².